The molecule has 1 amide bonds. The standard InChI is InChI=1S/C28H32N2O4S/c1-3-34-26-15-17-27(18-16-26)35(32,33)30(25-11-5-4-6-12-25)20-28(31)29-21(2)23-14-13-22-9-7-8-10-24(22)19-23/h4-6,11-19,21H,3,7-10,20H2,1-2H3,(H,29,31)/t21-/m1/s1. The molecule has 0 saturated carbocycles. The van der Waals surface area contributed by atoms with Gasteiger partial charge in [0.1, 0.15) is 12.3 Å². The van der Waals surface area contributed by atoms with Gasteiger partial charge in [-0.25, -0.2) is 8.42 Å². The number of hydrogen-bond acceptors (Lipinski definition) is 4. The molecule has 4 rings (SSSR count). The molecule has 0 fully saturated rings. The number of carbonyl (C=O) groups excluding carboxylic acids is 1. The van der Waals surface area contributed by atoms with E-state index in [9.17, 15) is 13.2 Å². The Morgan fingerprint density at radius 2 is 1.66 bits per heavy atom. The van der Waals surface area contributed by atoms with Crippen molar-refractivity contribution in [2.24, 2.45) is 0 Å². The van der Waals surface area contributed by atoms with Crippen LogP contribution in [0.5, 0.6) is 5.75 Å². The quantitative estimate of drug-likeness (QED) is 0.454. The van der Waals surface area contributed by atoms with Crippen LogP contribution >= 0.6 is 0 Å². The van der Waals surface area contributed by atoms with Gasteiger partial charge >= 0.3 is 0 Å². The maximum Gasteiger partial charge on any atom is 0.264 e. The molecule has 7 heteroatoms. The first kappa shape index (κ1) is 24.8. The molecule has 3 aromatic carbocycles. The lowest BCUT2D eigenvalue weighted by atomic mass is 9.89. The summed E-state index contributed by atoms with van der Waals surface area (Å²) in [7, 11) is -3.98. The van der Waals surface area contributed by atoms with Crippen LogP contribution in [0.4, 0.5) is 5.69 Å². The molecule has 0 aliphatic heterocycles. The minimum Gasteiger partial charge on any atom is -0.494 e. The van der Waals surface area contributed by atoms with E-state index in [1.54, 1.807) is 36.4 Å². The molecule has 3 aromatic rings. The van der Waals surface area contributed by atoms with Crippen LogP contribution in [0.3, 0.4) is 0 Å². The minimum atomic E-state index is -3.98. The van der Waals surface area contributed by atoms with Gasteiger partial charge in [-0.05, 0) is 92.6 Å². The summed E-state index contributed by atoms with van der Waals surface area (Å²) in [6.07, 6.45) is 4.57. The maximum absolute atomic E-state index is 13.6. The number of hydrogen-bond donors (Lipinski definition) is 1. The van der Waals surface area contributed by atoms with Crippen molar-refractivity contribution in [1.29, 1.82) is 0 Å². The fourth-order valence-corrected chi connectivity index (χ4v) is 5.86. The fraction of sp³-hybridized carbons (Fsp3) is 0.321. The number of sulfonamides is 1. The summed E-state index contributed by atoms with van der Waals surface area (Å²) < 4.78 is 33.7. The predicted octanol–water partition coefficient (Wildman–Crippen LogP) is 5.04. The smallest absolute Gasteiger partial charge is 0.264 e. The SMILES string of the molecule is CCOc1ccc(S(=O)(=O)N(CC(=O)N[C@H](C)c2ccc3c(c2)CCCC3)c2ccccc2)cc1. The van der Waals surface area contributed by atoms with Crippen LogP contribution in [0.2, 0.25) is 0 Å². The number of benzene rings is 3. The van der Waals surface area contributed by atoms with E-state index in [2.05, 4.69) is 23.5 Å². The lowest BCUT2D eigenvalue weighted by Gasteiger charge is -2.25. The summed E-state index contributed by atoms with van der Waals surface area (Å²) in [6, 6.07) is 21.1. The zero-order chi connectivity index (χ0) is 24.8. The van der Waals surface area contributed by atoms with Crippen LogP contribution in [0.15, 0.2) is 77.7 Å². The van der Waals surface area contributed by atoms with Gasteiger partial charge in [0.05, 0.1) is 23.2 Å². The van der Waals surface area contributed by atoms with Crippen molar-refractivity contribution >= 4 is 21.6 Å². The summed E-state index contributed by atoms with van der Waals surface area (Å²) in [5.74, 6) is 0.225. The average molecular weight is 493 g/mol. The number of ether oxygens (including phenoxy) is 1. The van der Waals surface area contributed by atoms with Crippen LogP contribution in [0.25, 0.3) is 0 Å². The molecule has 1 N–H and O–H groups in total. The molecule has 0 spiro atoms. The molecule has 0 bridgehead atoms. The number of carbonyl (C=O) groups is 1. The fourth-order valence-electron chi connectivity index (χ4n) is 4.43. The Kier molecular flexibility index (Phi) is 7.76. The number of nitrogens with one attached hydrogen (secondary N) is 1. The number of anilines is 1. The second-order valence-corrected chi connectivity index (χ2v) is 10.6. The lowest BCUT2D eigenvalue weighted by Crippen LogP contribution is -2.41. The third-order valence-corrected chi connectivity index (χ3v) is 8.09. The minimum absolute atomic E-state index is 0.0975. The summed E-state index contributed by atoms with van der Waals surface area (Å²) in [4.78, 5) is 13.2. The Bertz CT molecular complexity index is 1260. The molecule has 6 nitrogen and oxygen atoms in total. The lowest BCUT2D eigenvalue weighted by molar-refractivity contribution is -0.120. The largest absolute Gasteiger partial charge is 0.494 e. The van der Waals surface area contributed by atoms with Crippen LogP contribution in [-0.4, -0.2) is 27.5 Å². The number of para-hydroxylation sites is 1. The van der Waals surface area contributed by atoms with Crippen molar-refractivity contribution in [2.75, 3.05) is 17.5 Å². The highest BCUT2D eigenvalue weighted by atomic mass is 32.2. The summed E-state index contributed by atoms with van der Waals surface area (Å²) in [5.41, 5.74) is 4.19. The number of amides is 1. The van der Waals surface area contributed by atoms with Gasteiger partial charge in [0.15, 0.2) is 0 Å². The van der Waals surface area contributed by atoms with E-state index in [0.29, 0.717) is 18.0 Å². The second-order valence-electron chi connectivity index (χ2n) is 8.78. The summed E-state index contributed by atoms with van der Waals surface area (Å²) in [6.45, 7) is 3.96. The third-order valence-electron chi connectivity index (χ3n) is 6.30. The highest BCUT2D eigenvalue weighted by Crippen LogP contribution is 2.27. The molecule has 0 unspecified atom stereocenters. The van der Waals surface area contributed by atoms with Gasteiger partial charge in [-0.2, -0.15) is 0 Å². The van der Waals surface area contributed by atoms with Crippen LogP contribution in [0.1, 0.15) is 49.4 Å². The van der Waals surface area contributed by atoms with Gasteiger partial charge in [0.25, 0.3) is 10.0 Å². The first-order valence-electron chi connectivity index (χ1n) is 12.1. The Labute approximate surface area is 208 Å². The molecule has 1 aliphatic carbocycles. The predicted molar refractivity (Wildman–Crippen MR) is 138 cm³/mol. The Hall–Kier alpha value is -3.32. The van der Waals surface area contributed by atoms with Crippen LogP contribution in [0, 0.1) is 0 Å². The monoisotopic (exact) mass is 492 g/mol. The normalized spacial score (nSPS) is 14.0. The highest BCUT2D eigenvalue weighted by molar-refractivity contribution is 7.92. The molecular weight excluding hydrogens is 460 g/mol. The van der Waals surface area contributed by atoms with Crippen LogP contribution < -0.4 is 14.4 Å². The average Bonchev–Trinajstić information content (AvgIpc) is 2.88. The number of fused-ring (bicyclic) bond motifs is 1. The van der Waals surface area contributed by atoms with E-state index >= 15 is 0 Å². The van der Waals surface area contributed by atoms with Crippen molar-refractivity contribution in [1.82, 2.24) is 5.32 Å². The highest BCUT2D eigenvalue weighted by Gasteiger charge is 2.28. The van der Waals surface area contributed by atoms with Gasteiger partial charge in [0, 0.05) is 0 Å². The molecule has 0 heterocycles. The van der Waals surface area contributed by atoms with E-state index in [0.717, 1.165) is 22.7 Å². The molecule has 35 heavy (non-hydrogen) atoms. The summed E-state index contributed by atoms with van der Waals surface area (Å²) >= 11 is 0. The summed E-state index contributed by atoms with van der Waals surface area (Å²) in [5, 5.41) is 2.99. The van der Waals surface area contributed by atoms with E-state index in [1.807, 2.05) is 19.9 Å². The van der Waals surface area contributed by atoms with E-state index < -0.39 is 10.0 Å². The second kappa shape index (κ2) is 11.0. The van der Waals surface area contributed by atoms with Crippen molar-refractivity contribution in [3.05, 3.63) is 89.5 Å². The Morgan fingerprint density at radius 1 is 0.971 bits per heavy atom. The van der Waals surface area contributed by atoms with Crippen LogP contribution in [-0.2, 0) is 27.7 Å². The number of rotatable bonds is 9. The first-order valence-corrected chi connectivity index (χ1v) is 13.5. The molecule has 0 saturated heterocycles. The third kappa shape index (κ3) is 5.85. The Balaban J connectivity index is 1.54. The van der Waals surface area contributed by atoms with Gasteiger partial charge in [-0.3, -0.25) is 9.10 Å². The molecule has 1 atom stereocenters. The van der Waals surface area contributed by atoms with Gasteiger partial charge in [-0.1, -0.05) is 36.4 Å². The van der Waals surface area contributed by atoms with Crippen molar-refractivity contribution in [3.8, 4) is 5.75 Å². The van der Waals surface area contributed by atoms with E-state index in [1.165, 1.54) is 36.1 Å². The topological polar surface area (TPSA) is 75.7 Å². The van der Waals surface area contributed by atoms with E-state index in [4.69, 9.17) is 4.74 Å². The van der Waals surface area contributed by atoms with Crippen molar-refractivity contribution < 1.29 is 17.9 Å². The Morgan fingerprint density at radius 3 is 2.34 bits per heavy atom. The molecule has 1 aliphatic rings. The van der Waals surface area contributed by atoms with Gasteiger partial charge in [0.2, 0.25) is 5.91 Å². The number of aryl methyl sites for hydroxylation is 2. The molecule has 0 aromatic heterocycles. The van der Waals surface area contributed by atoms with Gasteiger partial charge < -0.3 is 10.1 Å². The zero-order valence-corrected chi connectivity index (χ0v) is 21.1. The van der Waals surface area contributed by atoms with Crippen molar-refractivity contribution in [2.45, 2.75) is 50.5 Å². The maximum atomic E-state index is 13.6. The molecule has 184 valence electrons. The first-order chi connectivity index (χ1) is 16.9. The molecular formula is C28H32N2O4S. The number of nitrogens with zero attached hydrogens (tertiary/aromatic N) is 1. The molecule has 0 radical (unpaired) electrons. The zero-order valence-electron chi connectivity index (χ0n) is 20.2. The van der Waals surface area contributed by atoms with E-state index in [-0.39, 0.29) is 23.4 Å². The van der Waals surface area contributed by atoms with Crippen molar-refractivity contribution in [3.63, 3.8) is 0 Å². The van der Waals surface area contributed by atoms with Gasteiger partial charge in [-0.15, -0.1) is 0 Å².